The number of anilines is 1. The van der Waals surface area contributed by atoms with Gasteiger partial charge in [-0.2, -0.15) is 0 Å². The lowest BCUT2D eigenvalue weighted by molar-refractivity contribution is 0.571. The summed E-state index contributed by atoms with van der Waals surface area (Å²) in [6, 6.07) is 8.23. The van der Waals surface area contributed by atoms with Gasteiger partial charge in [-0.05, 0) is 36.1 Å². The Morgan fingerprint density at radius 1 is 1.06 bits per heavy atom. The topological polar surface area (TPSA) is 88.5 Å². The number of halogens is 3. The van der Waals surface area contributed by atoms with Crippen LogP contribution >= 0.6 is 0 Å². The smallest absolute Gasteiger partial charge is 0.266 e. The molecule has 5 rings (SSSR count). The third-order valence-electron chi connectivity index (χ3n) is 5.47. The highest BCUT2D eigenvalue weighted by Gasteiger charge is 2.23. The maximum atomic E-state index is 14.8. The maximum Gasteiger partial charge on any atom is 0.266 e. The molecule has 33 heavy (non-hydrogen) atoms. The minimum Gasteiger partial charge on any atom is -0.360 e. The summed E-state index contributed by atoms with van der Waals surface area (Å²) < 4.78 is 44.1. The number of fused-ring (bicyclic) bond motifs is 2. The molecule has 7 nitrogen and oxygen atoms in total. The molecule has 10 heteroatoms. The monoisotopic (exact) mass is 450 g/mol. The lowest BCUT2D eigenvalue weighted by Gasteiger charge is -2.23. The van der Waals surface area contributed by atoms with Crippen LogP contribution in [0.2, 0.25) is 0 Å². The lowest BCUT2D eigenvalue weighted by Crippen LogP contribution is -2.27. The number of pyridine rings is 1. The summed E-state index contributed by atoms with van der Waals surface area (Å²) in [6.07, 6.45) is 3.30. The van der Waals surface area contributed by atoms with Gasteiger partial charge in [-0.25, -0.2) is 28.1 Å². The Bertz CT molecular complexity index is 1560. The molecule has 1 atom stereocenters. The van der Waals surface area contributed by atoms with Crippen molar-refractivity contribution in [3.8, 4) is 5.69 Å². The SMILES string of the molecule is CC[C@@H](Nc1ncnc2[nH]cnc12)c1cc2cccc(F)c2c(=O)n1-c1ccc(F)cc1F. The van der Waals surface area contributed by atoms with Crippen molar-refractivity contribution in [2.75, 3.05) is 5.32 Å². The molecule has 0 aliphatic rings. The van der Waals surface area contributed by atoms with Crippen LogP contribution in [0.1, 0.15) is 25.1 Å². The molecule has 3 heterocycles. The summed E-state index contributed by atoms with van der Waals surface area (Å²) in [4.78, 5) is 28.9. The molecule has 2 aromatic carbocycles. The van der Waals surface area contributed by atoms with Gasteiger partial charge >= 0.3 is 0 Å². The van der Waals surface area contributed by atoms with Crippen LogP contribution in [0.25, 0.3) is 27.6 Å². The van der Waals surface area contributed by atoms with E-state index in [2.05, 4.69) is 25.3 Å². The maximum absolute atomic E-state index is 14.8. The van der Waals surface area contributed by atoms with Crippen LogP contribution in [0, 0.1) is 17.5 Å². The van der Waals surface area contributed by atoms with E-state index in [0.717, 1.165) is 16.7 Å². The normalized spacial score (nSPS) is 12.4. The zero-order valence-electron chi connectivity index (χ0n) is 17.3. The van der Waals surface area contributed by atoms with Crippen molar-refractivity contribution in [2.45, 2.75) is 19.4 Å². The number of hydrogen-bond acceptors (Lipinski definition) is 5. The summed E-state index contributed by atoms with van der Waals surface area (Å²) in [7, 11) is 0. The Balaban J connectivity index is 1.77. The average Bonchev–Trinajstić information content (AvgIpc) is 3.28. The minimum atomic E-state index is -0.944. The van der Waals surface area contributed by atoms with Crippen LogP contribution in [0.3, 0.4) is 0 Å². The number of nitrogens with zero attached hydrogens (tertiary/aromatic N) is 4. The second-order valence-electron chi connectivity index (χ2n) is 7.44. The Labute approximate surface area is 185 Å². The van der Waals surface area contributed by atoms with Crippen molar-refractivity contribution in [1.29, 1.82) is 0 Å². The fraction of sp³-hybridized carbons (Fsp3) is 0.130. The molecule has 0 unspecified atom stereocenters. The number of benzene rings is 2. The van der Waals surface area contributed by atoms with Gasteiger partial charge < -0.3 is 10.3 Å². The van der Waals surface area contributed by atoms with Crippen LogP contribution < -0.4 is 10.9 Å². The van der Waals surface area contributed by atoms with Gasteiger partial charge in [0.15, 0.2) is 11.5 Å². The van der Waals surface area contributed by atoms with Crippen LogP contribution in [0.15, 0.2) is 59.9 Å². The van der Waals surface area contributed by atoms with Gasteiger partial charge in [0.05, 0.1) is 23.4 Å². The quantitative estimate of drug-likeness (QED) is 0.407. The van der Waals surface area contributed by atoms with Crippen molar-refractivity contribution < 1.29 is 13.2 Å². The largest absolute Gasteiger partial charge is 0.360 e. The van der Waals surface area contributed by atoms with E-state index in [1.165, 1.54) is 24.8 Å². The highest BCUT2D eigenvalue weighted by atomic mass is 19.1. The van der Waals surface area contributed by atoms with Gasteiger partial charge in [-0.3, -0.25) is 9.36 Å². The Morgan fingerprint density at radius 2 is 1.91 bits per heavy atom. The summed E-state index contributed by atoms with van der Waals surface area (Å²) in [5, 5.41) is 3.42. The fourth-order valence-electron chi connectivity index (χ4n) is 3.93. The second kappa shape index (κ2) is 8.05. The number of imidazole rings is 1. The molecule has 166 valence electrons. The molecule has 0 bridgehead atoms. The molecule has 0 fully saturated rings. The Kier molecular flexibility index (Phi) is 5.04. The summed E-state index contributed by atoms with van der Waals surface area (Å²) in [5.41, 5.74) is 0.427. The number of H-pyrrole nitrogens is 1. The van der Waals surface area contributed by atoms with E-state index in [-0.39, 0.29) is 11.1 Å². The molecule has 0 saturated heterocycles. The number of nitrogens with one attached hydrogen (secondary N) is 2. The zero-order chi connectivity index (χ0) is 23.1. The highest BCUT2D eigenvalue weighted by molar-refractivity contribution is 5.84. The highest BCUT2D eigenvalue weighted by Crippen LogP contribution is 2.29. The van der Waals surface area contributed by atoms with E-state index in [4.69, 9.17) is 0 Å². The molecule has 2 N–H and O–H groups in total. The third kappa shape index (κ3) is 3.49. The first kappa shape index (κ1) is 20.7. The van der Waals surface area contributed by atoms with E-state index in [9.17, 15) is 18.0 Å². The summed E-state index contributed by atoms with van der Waals surface area (Å²) in [5.74, 6) is -2.05. The second-order valence-corrected chi connectivity index (χ2v) is 7.44. The van der Waals surface area contributed by atoms with Gasteiger partial charge in [0.1, 0.15) is 29.3 Å². The van der Waals surface area contributed by atoms with Gasteiger partial charge in [0.25, 0.3) is 5.56 Å². The Hall–Kier alpha value is -4.21. The molecule has 0 radical (unpaired) electrons. The molecule has 0 amide bonds. The standard InChI is InChI=1S/C23H17F3N6O/c1-2-16(31-22-20-21(28-10-27-20)29-11-30-22)18-8-12-4-3-5-14(25)19(12)23(33)32(18)17-7-6-13(24)9-15(17)26/h3-11,16H,2H2,1H3,(H2,27,28,29,30,31)/t16-/m1/s1. The van der Waals surface area contributed by atoms with Crippen molar-refractivity contribution >= 4 is 27.8 Å². The fourth-order valence-corrected chi connectivity index (χ4v) is 3.93. The van der Waals surface area contributed by atoms with Crippen molar-refractivity contribution in [3.63, 3.8) is 0 Å². The molecule has 0 spiro atoms. The first-order valence-corrected chi connectivity index (χ1v) is 10.2. The first-order valence-electron chi connectivity index (χ1n) is 10.2. The van der Waals surface area contributed by atoms with E-state index < -0.39 is 29.1 Å². The number of aromatic amines is 1. The van der Waals surface area contributed by atoms with E-state index >= 15 is 0 Å². The average molecular weight is 450 g/mol. The molecule has 5 aromatic rings. The molecule has 0 aliphatic carbocycles. The molecule has 3 aromatic heterocycles. The zero-order valence-corrected chi connectivity index (χ0v) is 17.3. The van der Waals surface area contributed by atoms with Crippen LogP contribution in [-0.4, -0.2) is 24.5 Å². The van der Waals surface area contributed by atoms with Crippen LogP contribution in [-0.2, 0) is 0 Å². The predicted octanol–water partition coefficient (Wildman–Crippen LogP) is 4.64. The van der Waals surface area contributed by atoms with Crippen LogP contribution in [0.4, 0.5) is 19.0 Å². The van der Waals surface area contributed by atoms with Gasteiger partial charge in [0, 0.05) is 11.8 Å². The molecule has 0 saturated carbocycles. The molecular weight excluding hydrogens is 433 g/mol. The number of hydrogen-bond donors (Lipinski definition) is 2. The van der Waals surface area contributed by atoms with Gasteiger partial charge in [-0.15, -0.1) is 0 Å². The van der Waals surface area contributed by atoms with Crippen molar-refractivity contribution in [1.82, 2.24) is 24.5 Å². The van der Waals surface area contributed by atoms with Gasteiger partial charge in [-0.1, -0.05) is 19.1 Å². The first-order chi connectivity index (χ1) is 16.0. The van der Waals surface area contributed by atoms with E-state index in [0.29, 0.717) is 40.5 Å². The van der Waals surface area contributed by atoms with Crippen molar-refractivity contribution in [2.24, 2.45) is 0 Å². The Morgan fingerprint density at radius 3 is 2.70 bits per heavy atom. The van der Waals surface area contributed by atoms with E-state index in [1.807, 2.05) is 6.92 Å². The van der Waals surface area contributed by atoms with E-state index in [1.54, 1.807) is 12.1 Å². The van der Waals surface area contributed by atoms with Gasteiger partial charge in [0.2, 0.25) is 0 Å². The summed E-state index contributed by atoms with van der Waals surface area (Å²) in [6.45, 7) is 1.87. The predicted molar refractivity (Wildman–Crippen MR) is 118 cm³/mol. The molecule has 0 aliphatic heterocycles. The van der Waals surface area contributed by atoms with Crippen molar-refractivity contribution in [3.05, 3.63) is 88.6 Å². The third-order valence-corrected chi connectivity index (χ3v) is 5.47. The molecular formula is C23H17F3N6O. The number of rotatable bonds is 5. The lowest BCUT2D eigenvalue weighted by atomic mass is 10.0. The van der Waals surface area contributed by atoms with Crippen LogP contribution in [0.5, 0.6) is 0 Å². The minimum absolute atomic E-state index is 0.184. The number of aromatic nitrogens is 5. The summed E-state index contributed by atoms with van der Waals surface area (Å²) >= 11 is 0.